The largest absolute Gasteiger partial charge is 0.466 e. The molecule has 31 heavy (non-hydrogen) atoms. The molecule has 3 aromatic rings. The van der Waals surface area contributed by atoms with Crippen molar-refractivity contribution in [3.63, 3.8) is 0 Å². The van der Waals surface area contributed by atoms with Crippen LogP contribution in [0.25, 0.3) is 5.69 Å². The Morgan fingerprint density at radius 1 is 1.06 bits per heavy atom. The van der Waals surface area contributed by atoms with Crippen molar-refractivity contribution in [2.24, 2.45) is 0 Å². The SMILES string of the molecule is COC(=O)C(OC(=O)c1cnn(-c2ccc(F)cc2)n1)c1ccc(F)c(C(F)(F)F)c1. The van der Waals surface area contributed by atoms with E-state index in [4.69, 9.17) is 4.74 Å². The lowest BCUT2D eigenvalue weighted by Gasteiger charge is -2.17. The van der Waals surface area contributed by atoms with Gasteiger partial charge in [-0.25, -0.2) is 18.4 Å². The first kappa shape index (κ1) is 21.9. The van der Waals surface area contributed by atoms with Gasteiger partial charge in [-0.3, -0.25) is 0 Å². The zero-order valence-corrected chi connectivity index (χ0v) is 15.6. The first-order valence-electron chi connectivity index (χ1n) is 8.44. The smallest absolute Gasteiger partial charge is 0.419 e. The molecule has 0 N–H and O–H groups in total. The number of methoxy groups -OCH3 is 1. The summed E-state index contributed by atoms with van der Waals surface area (Å²) in [6.07, 6.45) is -5.98. The molecule has 1 unspecified atom stereocenters. The molecular formula is C19H12F5N3O4. The van der Waals surface area contributed by atoms with E-state index in [0.29, 0.717) is 17.8 Å². The van der Waals surface area contributed by atoms with Crippen LogP contribution in [0.4, 0.5) is 22.0 Å². The molecule has 1 atom stereocenters. The van der Waals surface area contributed by atoms with Crippen LogP contribution in [-0.4, -0.2) is 34.0 Å². The Morgan fingerprint density at radius 2 is 1.74 bits per heavy atom. The number of nitrogens with zero attached hydrogens (tertiary/aromatic N) is 3. The minimum absolute atomic E-state index is 0.304. The van der Waals surface area contributed by atoms with Crippen LogP contribution in [0, 0.1) is 11.6 Å². The van der Waals surface area contributed by atoms with Gasteiger partial charge >= 0.3 is 18.1 Å². The average Bonchev–Trinajstić information content (AvgIpc) is 3.22. The summed E-state index contributed by atoms with van der Waals surface area (Å²) in [5.41, 5.74) is -2.19. The van der Waals surface area contributed by atoms with E-state index in [0.717, 1.165) is 36.3 Å². The maximum Gasteiger partial charge on any atom is 0.419 e. The van der Waals surface area contributed by atoms with Gasteiger partial charge in [0.1, 0.15) is 11.6 Å². The molecule has 0 aliphatic carbocycles. The molecule has 0 radical (unpaired) electrons. The van der Waals surface area contributed by atoms with E-state index in [1.807, 2.05) is 0 Å². The van der Waals surface area contributed by atoms with Crippen molar-refractivity contribution in [2.45, 2.75) is 12.3 Å². The summed E-state index contributed by atoms with van der Waals surface area (Å²) >= 11 is 0. The standard InChI is InChI=1S/C19H12F5N3O4/c1-30-18(29)16(10-2-7-14(21)13(8-10)19(22,23)24)31-17(28)15-9-25-27(26-15)12-5-3-11(20)4-6-12/h2-9,16H,1H3. The number of aromatic nitrogens is 3. The topological polar surface area (TPSA) is 83.3 Å². The highest BCUT2D eigenvalue weighted by Gasteiger charge is 2.36. The third-order valence-corrected chi connectivity index (χ3v) is 4.00. The van der Waals surface area contributed by atoms with Crippen LogP contribution in [0.1, 0.15) is 27.7 Å². The Bertz CT molecular complexity index is 1110. The predicted molar refractivity (Wildman–Crippen MR) is 92.9 cm³/mol. The number of hydrogen-bond acceptors (Lipinski definition) is 6. The molecule has 7 nitrogen and oxygen atoms in total. The molecule has 0 saturated heterocycles. The van der Waals surface area contributed by atoms with Crippen LogP contribution in [0.2, 0.25) is 0 Å². The van der Waals surface area contributed by atoms with Crippen molar-refractivity contribution in [3.05, 3.63) is 77.1 Å². The maximum atomic E-state index is 13.5. The number of hydrogen-bond donors (Lipinski definition) is 0. The second-order valence-corrected chi connectivity index (χ2v) is 6.04. The van der Waals surface area contributed by atoms with Gasteiger partial charge < -0.3 is 9.47 Å². The molecule has 1 heterocycles. The van der Waals surface area contributed by atoms with Crippen molar-refractivity contribution in [3.8, 4) is 5.69 Å². The summed E-state index contributed by atoms with van der Waals surface area (Å²) in [7, 11) is 0.933. The molecule has 0 saturated carbocycles. The minimum Gasteiger partial charge on any atom is -0.466 e. The van der Waals surface area contributed by atoms with Crippen molar-refractivity contribution < 1.29 is 41.0 Å². The van der Waals surface area contributed by atoms with Gasteiger partial charge in [-0.2, -0.15) is 23.1 Å². The van der Waals surface area contributed by atoms with E-state index in [1.165, 1.54) is 12.1 Å². The summed E-state index contributed by atoms with van der Waals surface area (Å²) in [6.45, 7) is 0. The van der Waals surface area contributed by atoms with Gasteiger partial charge in [-0.05, 0) is 36.4 Å². The van der Waals surface area contributed by atoms with Crippen molar-refractivity contribution >= 4 is 11.9 Å². The quantitative estimate of drug-likeness (QED) is 0.444. The Morgan fingerprint density at radius 3 is 2.35 bits per heavy atom. The normalized spacial score (nSPS) is 12.3. The third kappa shape index (κ3) is 4.85. The highest BCUT2D eigenvalue weighted by Crippen LogP contribution is 2.34. The second-order valence-electron chi connectivity index (χ2n) is 6.04. The summed E-state index contributed by atoms with van der Waals surface area (Å²) in [5.74, 6) is -4.47. The molecule has 0 aliphatic rings. The van der Waals surface area contributed by atoms with E-state index in [9.17, 15) is 31.5 Å². The summed E-state index contributed by atoms with van der Waals surface area (Å²) in [6, 6.07) is 6.63. The number of benzene rings is 2. The Hall–Kier alpha value is -3.83. The van der Waals surface area contributed by atoms with Crippen LogP contribution in [-0.2, 0) is 20.4 Å². The zero-order chi connectivity index (χ0) is 22.8. The van der Waals surface area contributed by atoms with E-state index in [-0.39, 0.29) is 0 Å². The fourth-order valence-corrected chi connectivity index (χ4v) is 2.51. The summed E-state index contributed by atoms with van der Waals surface area (Å²) in [4.78, 5) is 25.4. The number of esters is 2. The molecule has 162 valence electrons. The predicted octanol–water partition coefficient (Wildman–Crippen LogP) is 3.64. The monoisotopic (exact) mass is 441 g/mol. The molecule has 1 aromatic heterocycles. The van der Waals surface area contributed by atoms with Gasteiger partial charge in [-0.1, -0.05) is 6.07 Å². The van der Waals surface area contributed by atoms with Crippen LogP contribution in [0.5, 0.6) is 0 Å². The molecule has 0 bridgehead atoms. The summed E-state index contributed by atoms with van der Waals surface area (Å²) < 4.78 is 75.0. The number of alkyl halides is 3. The number of carbonyl (C=O) groups excluding carboxylic acids is 2. The fourth-order valence-electron chi connectivity index (χ4n) is 2.51. The van der Waals surface area contributed by atoms with Gasteiger partial charge in [0.15, 0.2) is 5.69 Å². The molecule has 2 aromatic carbocycles. The van der Waals surface area contributed by atoms with E-state index in [1.54, 1.807) is 0 Å². The Kier molecular flexibility index (Phi) is 5.99. The number of halogens is 5. The number of rotatable bonds is 5. The maximum absolute atomic E-state index is 13.5. The van der Waals surface area contributed by atoms with Gasteiger partial charge in [0.05, 0.1) is 24.6 Å². The molecule has 0 aliphatic heterocycles. The van der Waals surface area contributed by atoms with Crippen LogP contribution >= 0.6 is 0 Å². The van der Waals surface area contributed by atoms with Crippen LogP contribution in [0.15, 0.2) is 48.7 Å². The fraction of sp³-hybridized carbons (Fsp3) is 0.158. The Balaban J connectivity index is 1.88. The van der Waals surface area contributed by atoms with Crippen LogP contribution < -0.4 is 0 Å². The molecule has 3 rings (SSSR count). The van der Waals surface area contributed by atoms with Crippen molar-refractivity contribution in [2.75, 3.05) is 7.11 Å². The van der Waals surface area contributed by atoms with E-state index >= 15 is 0 Å². The van der Waals surface area contributed by atoms with Crippen LogP contribution in [0.3, 0.4) is 0 Å². The number of carbonyl (C=O) groups is 2. The van der Waals surface area contributed by atoms with Crippen molar-refractivity contribution in [1.82, 2.24) is 15.0 Å². The first-order chi connectivity index (χ1) is 14.6. The minimum atomic E-state index is -5.04. The highest BCUT2D eigenvalue weighted by molar-refractivity contribution is 5.89. The molecule has 0 spiro atoms. The van der Waals surface area contributed by atoms with Gasteiger partial charge in [0, 0.05) is 5.56 Å². The third-order valence-electron chi connectivity index (χ3n) is 4.00. The second kappa shape index (κ2) is 8.50. The molecular weight excluding hydrogens is 429 g/mol. The average molecular weight is 441 g/mol. The molecule has 0 fully saturated rings. The zero-order valence-electron chi connectivity index (χ0n) is 15.6. The number of ether oxygens (including phenoxy) is 2. The lowest BCUT2D eigenvalue weighted by molar-refractivity contribution is -0.151. The molecule has 0 amide bonds. The highest BCUT2D eigenvalue weighted by atomic mass is 19.4. The van der Waals surface area contributed by atoms with Gasteiger partial charge in [0.25, 0.3) is 0 Å². The molecule has 12 heteroatoms. The van der Waals surface area contributed by atoms with E-state index < -0.39 is 52.7 Å². The van der Waals surface area contributed by atoms with Crippen molar-refractivity contribution in [1.29, 1.82) is 0 Å². The van der Waals surface area contributed by atoms with E-state index in [2.05, 4.69) is 14.9 Å². The lowest BCUT2D eigenvalue weighted by atomic mass is 10.0. The summed E-state index contributed by atoms with van der Waals surface area (Å²) in [5, 5.41) is 7.64. The van der Waals surface area contributed by atoms with Gasteiger partial charge in [-0.15, -0.1) is 5.10 Å². The first-order valence-corrected chi connectivity index (χ1v) is 8.44. The van der Waals surface area contributed by atoms with Gasteiger partial charge in [0.2, 0.25) is 6.10 Å². The Labute approximate surface area is 171 Å². The lowest BCUT2D eigenvalue weighted by Crippen LogP contribution is -2.22.